The second-order valence-electron chi connectivity index (χ2n) is 9.08. The fourth-order valence-electron chi connectivity index (χ4n) is 4.75. The van der Waals surface area contributed by atoms with Crippen molar-refractivity contribution in [2.45, 2.75) is 66.2 Å². The molecule has 194 valence electrons. The quantitative estimate of drug-likeness (QED) is 0.509. The number of fused-ring (bicyclic) bond motifs is 2. The predicted octanol–water partition coefficient (Wildman–Crippen LogP) is 4.99. The van der Waals surface area contributed by atoms with Crippen molar-refractivity contribution in [3.8, 4) is 0 Å². The fraction of sp³-hybridized carbons (Fsp3) is 0.448. The number of nitrogens with one attached hydrogen (secondary N) is 3. The smallest absolute Gasteiger partial charge is 0.122 e. The molecule has 0 radical (unpaired) electrons. The average Bonchev–Trinajstić information content (AvgIpc) is 3.54. The summed E-state index contributed by atoms with van der Waals surface area (Å²) in [5, 5.41) is 19.4. The first kappa shape index (κ1) is 25.8. The summed E-state index contributed by atoms with van der Waals surface area (Å²) in [5.74, 6) is 0.886. The Hall–Kier alpha value is -3.32. The molecule has 0 saturated heterocycles. The van der Waals surface area contributed by atoms with Crippen LogP contribution in [0.25, 0.3) is 5.57 Å². The van der Waals surface area contributed by atoms with Crippen LogP contribution in [-0.4, -0.2) is 39.1 Å². The van der Waals surface area contributed by atoms with Crippen LogP contribution in [0.5, 0.6) is 0 Å². The van der Waals surface area contributed by atoms with Gasteiger partial charge in [-0.25, -0.2) is 4.68 Å². The first-order chi connectivity index (χ1) is 17.8. The standard InChI is InChI=1S/C25H29N7.2C2H6.H2/c1-2-7-22-20(6-1)12-27-13-23(22)24-17-32(30-29-24)16-21-15-31-14-19(8-9-25(31)28-21)11-26-10-18-4-3-5-18;2*1-2;/h1-2,6-9,13-15,17-18,25-28H,3-5,10-12,16H2;2*1-2H3;1H. The van der Waals surface area contributed by atoms with Crippen LogP contribution in [0.1, 0.15) is 65.2 Å². The van der Waals surface area contributed by atoms with Crippen molar-refractivity contribution < 1.29 is 1.43 Å². The number of aromatic nitrogens is 3. The Morgan fingerprint density at radius 2 is 1.94 bits per heavy atom. The third-order valence-corrected chi connectivity index (χ3v) is 6.75. The number of nitrogens with zero attached hydrogens (tertiary/aromatic N) is 4. The van der Waals surface area contributed by atoms with Crippen molar-refractivity contribution in [2.24, 2.45) is 5.92 Å². The number of rotatable bonds is 7. The Balaban J connectivity index is 0.000000727. The van der Waals surface area contributed by atoms with Gasteiger partial charge in [0.15, 0.2) is 0 Å². The SMILES string of the molecule is C1=CC2NC(Cn3cc(C4=CNCc5ccccc54)nn3)=CN2C=C1CNCC1CCC1.CC.CC.[HH]. The summed E-state index contributed by atoms with van der Waals surface area (Å²) in [6.07, 6.45) is 17.3. The molecule has 4 aliphatic rings. The van der Waals surface area contributed by atoms with Gasteiger partial charge in [-0.1, -0.05) is 69.7 Å². The number of benzene rings is 1. The van der Waals surface area contributed by atoms with E-state index >= 15 is 0 Å². The van der Waals surface area contributed by atoms with Crippen LogP contribution in [0.2, 0.25) is 0 Å². The van der Waals surface area contributed by atoms with Gasteiger partial charge in [0.25, 0.3) is 0 Å². The Bertz CT molecular complexity index is 1130. The van der Waals surface area contributed by atoms with Crippen LogP contribution in [0.4, 0.5) is 0 Å². The highest BCUT2D eigenvalue weighted by atomic mass is 15.4. The molecule has 1 aromatic heterocycles. The van der Waals surface area contributed by atoms with Gasteiger partial charge < -0.3 is 20.9 Å². The predicted molar refractivity (Wildman–Crippen MR) is 149 cm³/mol. The van der Waals surface area contributed by atoms with Crippen LogP contribution in [-0.2, 0) is 13.1 Å². The maximum atomic E-state index is 4.45. The first-order valence-corrected chi connectivity index (χ1v) is 13.6. The molecule has 6 rings (SSSR count). The van der Waals surface area contributed by atoms with Crippen LogP contribution < -0.4 is 16.0 Å². The molecule has 2 aromatic rings. The topological polar surface area (TPSA) is 70.0 Å². The summed E-state index contributed by atoms with van der Waals surface area (Å²) in [6.45, 7) is 11.6. The minimum atomic E-state index is 0. The van der Waals surface area contributed by atoms with E-state index in [-0.39, 0.29) is 7.59 Å². The summed E-state index contributed by atoms with van der Waals surface area (Å²) < 4.78 is 1.90. The van der Waals surface area contributed by atoms with E-state index in [0.29, 0.717) is 6.54 Å². The molecule has 3 N–H and O–H groups in total. The first-order valence-electron chi connectivity index (χ1n) is 13.6. The highest BCUT2D eigenvalue weighted by molar-refractivity contribution is 5.80. The number of hydrogen-bond donors (Lipinski definition) is 3. The van der Waals surface area contributed by atoms with E-state index in [1.54, 1.807) is 0 Å². The van der Waals surface area contributed by atoms with Gasteiger partial charge in [0, 0.05) is 38.7 Å². The molecule has 1 unspecified atom stereocenters. The average molecular weight is 490 g/mol. The molecule has 7 heteroatoms. The largest absolute Gasteiger partial charge is 0.386 e. The van der Waals surface area contributed by atoms with E-state index < -0.39 is 0 Å². The molecule has 1 saturated carbocycles. The lowest BCUT2D eigenvalue weighted by molar-refractivity contribution is 0.305. The number of allylic oxidation sites excluding steroid dienone is 1. The molecule has 4 heterocycles. The van der Waals surface area contributed by atoms with E-state index in [9.17, 15) is 0 Å². The summed E-state index contributed by atoms with van der Waals surface area (Å²) >= 11 is 0. The highest BCUT2D eigenvalue weighted by Gasteiger charge is 2.24. The second-order valence-corrected chi connectivity index (χ2v) is 9.08. The van der Waals surface area contributed by atoms with Gasteiger partial charge in [-0.2, -0.15) is 0 Å². The van der Waals surface area contributed by atoms with Gasteiger partial charge in [-0.15, -0.1) is 5.10 Å². The molecule has 0 bridgehead atoms. The van der Waals surface area contributed by atoms with Crippen LogP contribution >= 0.6 is 0 Å². The van der Waals surface area contributed by atoms with Gasteiger partial charge >= 0.3 is 0 Å². The van der Waals surface area contributed by atoms with Crippen molar-refractivity contribution in [1.82, 2.24) is 35.8 Å². The van der Waals surface area contributed by atoms with E-state index in [1.807, 2.05) is 44.8 Å². The fourth-order valence-corrected chi connectivity index (χ4v) is 4.75. The van der Waals surface area contributed by atoms with Crippen LogP contribution in [0.3, 0.4) is 0 Å². The number of hydrogen-bond acceptors (Lipinski definition) is 6. The zero-order valence-electron chi connectivity index (χ0n) is 22.2. The van der Waals surface area contributed by atoms with Crippen molar-refractivity contribution in [3.05, 3.63) is 89.3 Å². The zero-order valence-corrected chi connectivity index (χ0v) is 22.2. The lowest BCUT2D eigenvalue weighted by atomic mass is 9.85. The molecule has 3 aliphatic heterocycles. The Morgan fingerprint density at radius 3 is 2.75 bits per heavy atom. The van der Waals surface area contributed by atoms with E-state index in [0.717, 1.165) is 42.5 Å². The Labute approximate surface area is 217 Å². The van der Waals surface area contributed by atoms with Crippen molar-refractivity contribution >= 4 is 5.57 Å². The Morgan fingerprint density at radius 1 is 1.11 bits per heavy atom. The van der Waals surface area contributed by atoms with Gasteiger partial charge in [-0.3, -0.25) is 0 Å². The van der Waals surface area contributed by atoms with Crippen molar-refractivity contribution in [1.29, 1.82) is 0 Å². The van der Waals surface area contributed by atoms with Gasteiger partial charge in [0.05, 0.1) is 18.4 Å². The third kappa shape index (κ3) is 5.90. The third-order valence-electron chi connectivity index (χ3n) is 6.75. The van der Waals surface area contributed by atoms with Gasteiger partial charge in [-0.05, 0) is 48.1 Å². The minimum Gasteiger partial charge on any atom is -0.386 e. The summed E-state index contributed by atoms with van der Waals surface area (Å²) in [7, 11) is 0. The minimum absolute atomic E-state index is 0. The van der Waals surface area contributed by atoms with E-state index in [4.69, 9.17) is 0 Å². The van der Waals surface area contributed by atoms with E-state index in [2.05, 4.69) is 80.0 Å². The maximum absolute atomic E-state index is 4.45. The molecular weight excluding hydrogens is 446 g/mol. The lowest BCUT2D eigenvalue weighted by Crippen LogP contribution is -2.35. The summed E-state index contributed by atoms with van der Waals surface area (Å²) in [5.41, 5.74) is 6.94. The summed E-state index contributed by atoms with van der Waals surface area (Å²) in [4.78, 5) is 2.25. The molecule has 1 aliphatic carbocycles. The van der Waals surface area contributed by atoms with Gasteiger partial charge in [0.2, 0.25) is 0 Å². The molecule has 7 nitrogen and oxygen atoms in total. The highest BCUT2D eigenvalue weighted by Crippen LogP contribution is 2.28. The van der Waals surface area contributed by atoms with Crippen molar-refractivity contribution in [2.75, 3.05) is 13.1 Å². The second kappa shape index (κ2) is 12.6. The molecule has 0 spiro atoms. The molecule has 1 aromatic carbocycles. The molecule has 0 amide bonds. The molecule has 1 atom stereocenters. The Kier molecular flexibility index (Phi) is 9.01. The monoisotopic (exact) mass is 489 g/mol. The maximum Gasteiger partial charge on any atom is 0.122 e. The van der Waals surface area contributed by atoms with Gasteiger partial charge in [0.1, 0.15) is 11.9 Å². The van der Waals surface area contributed by atoms with Crippen LogP contribution in [0.15, 0.2) is 72.5 Å². The van der Waals surface area contributed by atoms with E-state index in [1.165, 1.54) is 36.0 Å². The molecular formula is C29H43N7. The zero-order chi connectivity index (χ0) is 25.3. The van der Waals surface area contributed by atoms with Crippen LogP contribution in [0, 0.1) is 5.92 Å². The normalized spacial score (nSPS) is 19.5. The molecule has 36 heavy (non-hydrogen) atoms. The lowest BCUT2D eigenvalue weighted by Gasteiger charge is -2.27. The molecule has 1 fully saturated rings. The van der Waals surface area contributed by atoms with Crippen molar-refractivity contribution in [3.63, 3.8) is 0 Å². The summed E-state index contributed by atoms with van der Waals surface area (Å²) in [6, 6.07) is 8.45.